The summed E-state index contributed by atoms with van der Waals surface area (Å²) < 4.78 is 30.6. The summed E-state index contributed by atoms with van der Waals surface area (Å²) in [5, 5.41) is 2.69. The second-order valence-electron chi connectivity index (χ2n) is 6.32. The van der Waals surface area contributed by atoms with Gasteiger partial charge in [0.15, 0.2) is 0 Å². The maximum Gasteiger partial charge on any atom is 0.409 e. The number of hydrogen-bond acceptors (Lipinski definition) is 6. The smallest absolute Gasteiger partial charge is 0.409 e. The van der Waals surface area contributed by atoms with E-state index in [9.17, 15) is 18.0 Å². The third-order valence-electron chi connectivity index (χ3n) is 4.32. The molecule has 0 radical (unpaired) electrons. The van der Waals surface area contributed by atoms with E-state index in [-0.39, 0.29) is 25.0 Å². The molecule has 1 N–H and O–H groups in total. The van der Waals surface area contributed by atoms with Crippen molar-refractivity contribution in [2.75, 3.05) is 32.5 Å². The van der Waals surface area contributed by atoms with Gasteiger partial charge in [-0.05, 0) is 31.9 Å². The molecule has 2 rings (SSSR count). The molecule has 1 aromatic rings. The summed E-state index contributed by atoms with van der Waals surface area (Å²) in [7, 11) is -3.57. The number of sulfonamides is 1. The van der Waals surface area contributed by atoms with Gasteiger partial charge in [-0.3, -0.25) is 9.78 Å². The topological polar surface area (TPSA) is 109 Å². The molecule has 0 atom stereocenters. The molecule has 0 bridgehead atoms. The first-order valence-electron chi connectivity index (χ1n) is 8.86. The van der Waals surface area contributed by atoms with Crippen molar-refractivity contribution >= 4 is 22.0 Å². The average molecular weight is 398 g/mol. The number of amides is 2. The third kappa shape index (κ3) is 6.47. The highest BCUT2D eigenvalue weighted by molar-refractivity contribution is 7.88. The van der Waals surface area contributed by atoms with E-state index in [1.54, 1.807) is 30.2 Å². The Morgan fingerprint density at radius 1 is 1.33 bits per heavy atom. The Morgan fingerprint density at radius 2 is 2.04 bits per heavy atom. The van der Waals surface area contributed by atoms with Crippen LogP contribution in [0.25, 0.3) is 0 Å². The van der Waals surface area contributed by atoms with Crippen molar-refractivity contribution in [2.24, 2.45) is 0 Å². The van der Waals surface area contributed by atoms with Crippen LogP contribution >= 0.6 is 0 Å². The molecule has 150 valence electrons. The van der Waals surface area contributed by atoms with Crippen molar-refractivity contribution in [1.82, 2.24) is 19.5 Å². The van der Waals surface area contributed by atoms with Crippen LogP contribution in [0.3, 0.4) is 0 Å². The molecule has 0 spiro atoms. The lowest BCUT2D eigenvalue weighted by atomic mass is 10.1. The number of nitrogens with zero attached hydrogens (tertiary/aromatic N) is 3. The van der Waals surface area contributed by atoms with Crippen LogP contribution in [0.2, 0.25) is 0 Å². The number of likely N-dealkylation sites (tertiary alicyclic amines) is 1. The number of ether oxygens (including phenoxy) is 1. The summed E-state index contributed by atoms with van der Waals surface area (Å²) in [6.07, 6.45) is 3.24. The molecular formula is C17H26N4O5S. The van der Waals surface area contributed by atoms with Crippen LogP contribution < -0.4 is 5.32 Å². The van der Waals surface area contributed by atoms with Crippen LogP contribution in [0.5, 0.6) is 0 Å². The van der Waals surface area contributed by atoms with Gasteiger partial charge in [0.05, 0.1) is 31.6 Å². The van der Waals surface area contributed by atoms with Crippen molar-refractivity contribution in [3.63, 3.8) is 0 Å². The SMILES string of the molecule is CCOC(=O)N1CCC(N(CC(=O)NCc2ccccn2)S(C)(=O)=O)CC1. The normalized spacial score (nSPS) is 15.6. The van der Waals surface area contributed by atoms with Crippen molar-refractivity contribution in [3.8, 4) is 0 Å². The third-order valence-corrected chi connectivity index (χ3v) is 5.60. The van der Waals surface area contributed by atoms with E-state index < -0.39 is 16.1 Å². The first-order chi connectivity index (χ1) is 12.8. The molecule has 2 heterocycles. The lowest BCUT2D eigenvalue weighted by molar-refractivity contribution is -0.122. The van der Waals surface area contributed by atoms with Gasteiger partial charge in [-0.1, -0.05) is 6.07 Å². The van der Waals surface area contributed by atoms with Gasteiger partial charge in [-0.25, -0.2) is 13.2 Å². The Labute approximate surface area is 159 Å². The molecule has 1 aliphatic rings. The molecule has 0 unspecified atom stereocenters. The Bertz CT molecular complexity index is 733. The highest BCUT2D eigenvalue weighted by Gasteiger charge is 2.33. The van der Waals surface area contributed by atoms with Gasteiger partial charge in [0.2, 0.25) is 15.9 Å². The number of rotatable bonds is 7. The fourth-order valence-corrected chi connectivity index (χ4v) is 4.06. The van der Waals surface area contributed by atoms with E-state index in [4.69, 9.17) is 4.74 Å². The first kappa shape index (κ1) is 21.1. The molecule has 2 amide bonds. The average Bonchev–Trinajstić information content (AvgIpc) is 2.65. The van der Waals surface area contributed by atoms with Crippen LogP contribution in [0.1, 0.15) is 25.5 Å². The van der Waals surface area contributed by atoms with E-state index >= 15 is 0 Å². The number of aromatic nitrogens is 1. The molecule has 10 heteroatoms. The molecule has 1 fully saturated rings. The molecule has 0 aliphatic carbocycles. The highest BCUT2D eigenvalue weighted by Crippen LogP contribution is 2.19. The van der Waals surface area contributed by atoms with Crippen molar-refractivity contribution in [3.05, 3.63) is 30.1 Å². The van der Waals surface area contributed by atoms with E-state index in [0.29, 0.717) is 38.2 Å². The van der Waals surface area contributed by atoms with Gasteiger partial charge < -0.3 is 15.0 Å². The minimum absolute atomic E-state index is 0.235. The second kappa shape index (κ2) is 9.65. The minimum atomic E-state index is -3.57. The Balaban J connectivity index is 1.92. The molecular weight excluding hydrogens is 372 g/mol. The summed E-state index contributed by atoms with van der Waals surface area (Å²) in [6.45, 7) is 2.80. The van der Waals surface area contributed by atoms with Gasteiger partial charge in [0, 0.05) is 25.3 Å². The Kier molecular flexibility index (Phi) is 7.55. The maximum absolute atomic E-state index is 12.2. The summed E-state index contributed by atoms with van der Waals surface area (Å²) in [4.78, 5) is 29.7. The molecule has 1 saturated heterocycles. The van der Waals surface area contributed by atoms with Crippen LogP contribution in [-0.2, 0) is 26.1 Å². The zero-order valence-electron chi connectivity index (χ0n) is 15.6. The van der Waals surface area contributed by atoms with Gasteiger partial charge in [0.25, 0.3) is 0 Å². The number of piperidine rings is 1. The van der Waals surface area contributed by atoms with Gasteiger partial charge in [0.1, 0.15) is 0 Å². The van der Waals surface area contributed by atoms with Crippen molar-refractivity contribution in [1.29, 1.82) is 0 Å². The number of carbonyl (C=O) groups excluding carboxylic acids is 2. The number of hydrogen-bond donors (Lipinski definition) is 1. The summed E-state index contributed by atoms with van der Waals surface area (Å²) in [5.74, 6) is -0.390. The molecule has 0 aromatic carbocycles. The zero-order chi connectivity index (χ0) is 19.9. The van der Waals surface area contributed by atoms with Gasteiger partial charge >= 0.3 is 6.09 Å². The van der Waals surface area contributed by atoms with Crippen LogP contribution in [0.4, 0.5) is 4.79 Å². The number of carbonyl (C=O) groups is 2. The maximum atomic E-state index is 12.2. The molecule has 1 aliphatic heterocycles. The second-order valence-corrected chi connectivity index (χ2v) is 8.26. The summed E-state index contributed by atoms with van der Waals surface area (Å²) in [6, 6.07) is 5.04. The quantitative estimate of drug-likeness (QED) is 0.720. The monoisotopic (exact) mass is 398 g/mol. The molecule has 27 heavy (non-hydrogen) atoms. The van der Waals surface area contributed by atoms with Gasteiger partial charge in [-0.2, -0.15) is 4.31 Å². The van der Waals surface area contributed by atoms with E-state index in [1.807, 2.05) is 6.07 Å². The highest BCUT2D eigenvalue weighted by atomic mass is 32.2. The van der Waals surface area contributed by atoms with Crippen LogP contribution in [0, 0.1) is 0 Å². The minimum Gasteiger partial charge on any atom is -0.450 e. The number of pyridine rings is 1. The molecule has 9 nitrogen and oxygen atoms in total. The fourth-order valence-electron chi connectivity index (χ4n) is 2.96. The van der Waals surface area contributed by atoms with E-state index in [1.165, 1.54) is 4.31 Å². The lowest BCUT2D eigenvalue weighted by Gasteiger charge is -2.36. The van der Waals surface area contributed by atoms with Crippen molar-refractivity contribution < 1.29 is 22.7 Å². The Hall–Kier alpha value is -2.20. The summed E-state index contributed by atoms with van der Waals surface area (Å²) >= 11 is 0. The molecule has 1 aromatic heterocycles. The predicted octanol–water partition coefficient (Wildman–Crippen LogP) is 0.580. The zero-order valence-corrected chi connectivity index (χ0v) is 16.4. The van der Waals surface area contributed by atoms with E-state index in [0.717, 1.165) is 6.26 Å². The van der Waals surface area contributed by atoms with Crippen LogP contribution in [-0.4, -0.2) is 73.1 Å². The standard InChI is InChI=1S/C17H26N4O5S/c1-3-26-17(23)20-10-7-15(8-11-20)21(27(2,24)25)13-16(22)19-12-14-6-4-5-9-18-14/h4-6,9,15H,3,7-8,10-13H2,1-2H3,(H,19,22). The fraction of sp³-hybridized carbons (Fsp3) is 0.588. The predicted molar refractivity (Wildman–Crippen MR) is 99.3 cm³/mol. The summed E-state index contributed by atoms with van der Waals surface area (Å²) in [5.41, 5.74) is 0.694. The van der Waals surface area contributed by atoms with E-state index in [2.05, 4.69) is 10.3 Å². The van der Waals surface area contributed by atoms with Crippen molar-refractivity contribution in [2.45, 2.75) is 32.4 Å². The molecule has 0 saturated carbocycles. The number of nitrogens with one attached hydrogen (secondary N) is 1. The first-order valence-corrected chi connectivity index (χ1v) is 10.7. The Morgan fingerprint density at radius 3 is 2.59 bits per heavy atom. The van der Waals surface area contributed by atoms with Crippen LogP contribution in [0.15, 0.2) is 24.4 Å². The lowest BCUT2D eigenvalue weighted by Crippen LogP contribution is -2.51. The van der Waals surface area contributed by atoms with Gasteiger partial charge in [-0.15, -0.1) is 0 Å². The largest absolute Gasteiger partial charge is 0.450 e.